The topological polar surface area (TPSA) is 157 Å². The molecule has 4 amide bonds. The summed E-state index contributed by atoms with van der Waals surface area (Å²) in [4.78, 5) is 52.4. The number of unbranched alkanes of at least 4 members (excludes halogenated alkanes) is 5. The Morgan fingerprint density at radius 2 is 1.05 bits per heavy atom. The van der Waals surface area contributed by atoms with Gasteiger partial charge in [0, 0.05) is 0 Å². The molecule has 0 aliphatic carbocycles. The summed E-state index contributed by atoms with van der Waals surface area (Å²) in [6.07, 6.45) is 9.66. The van der Waals surface area contributed by atoms with Crippen LogP contribution in [0.4, 0.5) is 0 Å². The van der Waals surface area contributed by atoms with Gasteiger partial charge >= 0.3 is 0 Å². The van der Waals surface area contributed by atoms with E-state index in [1.807, 2.05) is 0 Å². The fraction of sp³-hybridized carbons (Fsp3) is 0.529. The number of hydrogen-bond acceptors (Lipinski definition) is 6. The number of rotatable bonds is 17. The quantitative estimate of drug-likeness (QED) is 0.101. The molecule has 10 heteroatoms. The smallest absolute Gasteiger partial charge is 0.273 e. The van der Waals surface area contributed by atoms with Crippen molar-refractivity contribution < 1.29 is 29.4 Å². The van der Waals surface area contributed by atoms with Crippen molar-refractivity contribution in [2.75, 3.05) is 0 Å². The van der Waals surface area contributed by atoms with Crippen LogP contribution in [0.25, 0.3) is 0 Å². The minimum atomic E-state index is -0.802. The monoisotopic (exact) mass is 610 g/mol. The molecule has 0 aromatic heterocycles. The van der Waals surface area contributed by atoms with Crippen LogP contribution >= 0.6 is 0 Å². The van der Waals surface area contributed by atoms with Crippen molar-refractivity contribution in [1.29, 1.82) is 0 Å². The third-order valence-corrected chi connectivity index (χ3v) is 7.82. The van der Waals surface area contributed by atoms with Crippen molar-refractivity contribution in [3.05, 3.63) is 58.7 Å². The zero-order chi connectivity index (χ0) is 32.5. The van der Waals surface area contributed by atoms with Crippen LogP contribution in [0.2, 0.25) is 0 Å². The largest absolute Gasteiger partial charge is 0.507 e. The summed E-state index contributed by atoms with van der Waals surface area (Å²) in [6.45, 7) is 7.99. The van der Waals surface area contributed by atoms with Crippen LogP contribution in [-0.4, -0.2) is 33.8 Å². The van der Waals surface area contributed by atoms with Gasteiger partial charge < -0.3 is 10.2 Å². The normalized spacial score (nSPS) is 12.2. The summed E-state index contributed by atoms with van der Waals surface area (Å²) < 4.78 is 0. The van der Waals surface area contributed by atoms with Crippen LogP contribution in [0.15, 0.2) is 36.4 Å². The number of aryl methyl sites for hydroxylation is 2. The highest BCUT2D eigenvalue weighted by Gasteiger charge is 2.33. The van der Waals surface area contributed by atoms with Crippen LogP contribution in [0.5, 0.6) is 11.5 Å². The van der Waals surface area contributed by atoms with Crippen molar-refractivity contribution in [3.8, 4) is 11.5 Å². The zero-order valence-corrected chi connectivity index (χ0v) is 26.6. The summed E-state index contributed by atoms with van der Waals surface area (Å²) in [5.41, 5.74) is 11.6. The molecule has 0 saturated carbocycles. The summed E-state index contributed by atoms with van der Waals surface area (Å²) in [5.74, 6) is -4.40. The molecule has 44 heavy (non-hydrogen) atoms. The molecule has 0 aliphatic heterocycles. The molecule has 2 atom stereocenters. The molecular weight excluding hydrogens is 560 g/mol. The van der Waals surface area contributed by atoms with Gasteiger partial charge in [-0.15, -0.1) is 0 Å². The molecule has 242 valence electrons. The molecule has 0 bridgehead atoms. The number of phenols is 2. The molecule has 0 heterocycles. The van der Waals surface area contributed by atoms with Crippen molar-refractivity contribution in [2.45, 2.75) is 105 Å². The molecule has 0 fully saturated rings. The molecule has 2 aromatic rings. The van der Waals surface area contributed by atoms with E-state index in [0.29, 0.717) is 19.3 Å². The Bertz CT molecular complexity index is 1250. The Kier molecular flexibility index (Phi) is 15.8. The highest BCUT2D eigenvalue weighted by Crippen LogP contribution is 2.24. The summed E-state index contributed by atoms with van der Waals surface area (Å²) in [7, 11) is 0. The highest BCUT2D eigenvalue weighted by atomic mass is 16.3. The lowest BCUT2D eigenvalue weighted by atomic mass is 9.84. The molecule has 6 N–H and O–H groups in total. The maximum absolute atomic E-state index is 13.4. The van der Waals surface area contributed by atoms with Gasteiger partial charge in [0.2, 0.25) is 11.8 Å². The SMILES string of the molecule is CCCCCCC(C(=O)NNC(=O)c1cc(CCCC)ccc1O)C(CC)C(=O)NNC(=O)c1cc(CCCC)ccc1O. The molecular formula is C34H50N4O6. The van der Waals surface area contributed by atoms with E-state index >= 15 is 0 Å². The van der Waals surface area contributed by atoms with Crippen LogP contribution in [0.3, 0.4) is 0 Å². The van der Waals surface area contributed by atoms with Gasteiger partial charge in [0.25, 0.3) is 11.8 Å². The van der Waals surface area contributed by atoms with Gasteiger partial charge in [0.05, 0.1) is 23.0 Å². The average Bonchev–Trinajstić information content (AvgIpc) is 3.02. The average molecular weight is 611 g/mol. The molecule has 10 nitrogen and oxygen atoms in total. The van der Waals surface area contributed by atoms with Crippen molar-refractivity contribution in [3.63, 3.8) is 0 Å². The number of hydrogen-bond donors (Lipinski definition) is 6. The van der Waals surface area contributed by atoms with Crippen molar-refractivity contribution >= 4 is 23.6 Å². The number of aromatic hydroxyl groups is 2. The zero-order valence-electron chi connectivity index (χ0n) is 26.6. The summed E-state index contributed by atoms with van der Waals surface area (Å²) >= 11 is 0. The van der Waals surface area contributed by atoms with Gasteiger partial charge in [-0.1, -0.05) is 78.4 Å². The van der Waals surface area contributed by atoms with E-state index in [9.17, 15) is 29.4 Å². The second-order valence-corrected chi connectivity index (χ2v) is 11.3. The Balaban J connectivity index is 2.12. The first-order valence-corrected chi connectivity index (χ1v) is 16.0. The first-order valence-electron chi connectivity index (χ1n) is 16.0. The number of carbonyl (C=O) groups excluding carboxylic acids is 4. The molecule has 2 rings (SSSR count). The van der Waals surface area contributed by atoms with E-state index < -0.39 is 35.5 Å². The Labute approximate surface area is 261 Å². The molecule has 0 saturated heterocycles. The third kappa shape index (κ3) is 11.2. The lowest BCUT2D eigenvalue weighted by Crippen LogP contribution is -2.51. The number of phenolic OH excluding ortho intramolecular Hbond substituents is 2. The second kappa shape index (κ2) is 19.2. The molecule has 0 aliphatic rings. The number of carbonyl (C=O) groups is 4. The van der Waals surface area contributed by atoms with Gasteiger partial charge in [0.1, 0.15) is 11.5 Å². The van der Waals surface area contributed by atoms with Crippen molar-refractivity contribution in [2.24, 2.45) is 11.8 Å². The minimum absolute atomic E-state index is 0.0468. The molecule has 2 aromatic carbocycles. The molecule has 0 spiro atoms. The Morgan fingerprint density at radius 3 is 1.48 bits per heavy atom. The van der Waals surface area contributed by atoms with Gasteiger partial charge in [-0.3, -0.25) is 40.9 Å². The second-order valence-electron chi connectivity index (χ2n) is 11.3. The minimum Gasteiger partial charge on any atom is -0.507 e. The van der Waals surface area contributed by atoms with Crippen LogP contribution in [0.1, 0.15) is 124 Å². The number of amides is 4. The number of nitrogens with one attached hydrogen (secondary N) is 4. The third-order valence-electron chi connectivity index (χ3n) is 7.82. The van der Waals surface area contributed by atoms with Gasteiger partial charge in [-0.25, -0.2) is 0 Å². The van der Waals surface area contributed by atoms with E-state index in [-0.39, 0.29) is 22.6 Å². The number of benzene rings is 2. The maximum atomic E-state index is 13.4. The van der Waals surface area contributed by atoms with E-state index in [4.69, 9.17) is 0 Å². The fourth-order valence-electron chi connectivity index (χ4n) is 5.12. The van der Waals surface area contributed by atoms with Gasteiger partial charge in [-0.2, -0.15) is 0 Å². The lowest BCUT2D eigenvalue weighted by Gasteiger charge is -2.25. The lowest BCUT2D eigenvalue weighted by molar-refractivity contribution is -0.136. The van der Waals surface area contributed by atoms with Crippen LogP contribution in [-0.2, 0) is 22.4 Å². The first-order chi connectivity index (χ1) is 21.2. The number of hydrazine groups is 2. The van der Waals surface area contributed by atoms with Crippen LogP contribution < -0.4 is 21.7 Å². The first kappa shape index (κ1) is 36.1. The summed E-state index contributed by atoms with van der Waals surface area (Å²) in [5, 5.41) is 20.5. The van der Waals surface area contributed by atoms with E-state index in [0.717, 1.165) is 68.9 Å². The van der Waals surface area contributed by atoms with Crippen molar-refractivity contribution in [1.82, 2.24) is 21.7 Å². The molecule has 2 unspecified atom stereocenters. The predicted octanol–water partition coefficient (Wildman–Crippen LogP) is 5.62. The standard InChI is InChI=1S/C34H50N4O6/c1-5-9-12-13-16-26(32(42)36-38-34(44)28-22-24(15-11-7-3)18-20-30(28)40)25(8-4)31(41)35-37-33(43)27-21-23(14-10-6-2)17-19-29(27)39/h17-22,25-26,39-40H,5-16H2,1-4H3,(H,35,41)(H,36,42)(H,37,43)(H,38,44). The Hall–Kier alpha value is -4.08. The predicted molar refractivity (Wildman–Crippen MR) is 171 cm³/mol. The highest BCUT2D eigenvalue weighted by molar-refractivity contribution is 5.99. The fourth-order valence-corrected chi connectivity index (χ4v) is 5.12. The van der Waals surface area contributed by atoms with Gasteiger partial charge in [0.15, 0.2) is 0 Å². The van der Waals surface area contributed by atoms with E-state index in [1.54, 1.807) is 31.2 Å². The van der Waals surface area contributed by atoms with E-state index in [2.05, 4.69) is 42.5 Å². The molecule has 0 radical (unpaired) electrons. The maximum Gasteiger partial charge on any atom is 0.273 e. The van der Waals surface area contributed by atoms with Crippen LogP contribution in [0, 0.1) is 11.8 Å². The summed E-state index contributed by atoms with van der Waals surface area (Å²) in [6, 6.07) is 9.66. The van der Waals surface area contributed by atoms with Gasteiger partial charge in [-0.05, 0) is 73.9 Å². The Morgan fingerprint density at radius 1 is 0.591 bits per heavy atom. The van der Waals surface area contributed by atoms with E-state index in [1.165, 1.54) is 12.1 Å².